The lowest BCUT2D eigenvalue weighted by molar-refractivity contribution is 0.167. The van der Waals surface area contributed by atoms with Crippen molar-refractivity contribution in [1.29, 1.82) is 0 Å². The van der Waals surface area contributed by atoms with Crippen molar-refractivity contribution in [3.63, 3.8) is 0 Å². The van der Waals surface area contributed by atoms with Gasteiger partial charge in [0.2, 0.25) is 11.8 Å². The minimum absolute atomic E-state index is 0.0581. The van der Waals surface area contributed by atoms with Gasteiger partial charge in [-0.05, 0) is 46.1 Å². The molecule has 8 nitrogen and oxygen atoms in total. The lowest BCUT2D eigenvalue weighted by Gasteiger charge is -2.33. The number of piperidine rings is 1. The van der Waals surface area contributed by atoms with Gasteiger partial charge in [0.25, 0.3) is 0 Å². The SMILES string of the molecule is Cc1noc(C(C)NC2CCCN(Cc3noc(C4CC4)n3)C2)n1. The number of aromatic nitrogens is 4. The fraction of sp³-hybridized carbons (Fsp3) is 0.750. The molecule has 3 heterocycles. The van der Waals surface area contributed by atoms with Gasteiger partial charge >= 0.3 is 0 Å². The molecule has 0 aromatic carbocycles. The summed E-state index contributed by atoms with van der Waals surface area (Å²) < 4.78 is 10.6. The summed E-state index contributed by atoms with van der Waals surface area (Å²) in [4.78, 5) is 11.2. The molecule has 2 aliphatic rings. The Bertz CT molecular complexity index is 680. The molecule has 0 amide bonds. The van der Waals surface area contributed by atoms with E-state index in [-0.39, 0.29) is 6.04 Å². The Morgan fingerprint density at radius 1 is 1.21 bits per heavy atom. The third-order valence-electron chi connectivity index (χ3n) is 4.68. The highest BCUT2D eigenvalue weighted by Gasteiger charge is 2.30. The highest BCUT2D eigenvalue weighted by Crippen LogP contribution is 2.38. The second kappa shape index (κ2) is 6.60. The summed E-state index contributed by atoms with van der Waals surface area (Å²) in [6.45, 7) is 6.68. The van der Waals surface area contributed by atoms with Crippen LogP contribution in [-0.4, -0.2) is 44.3 Å². The molecule has 2 aromatic heterocycles. The Morgan fingerprint density at radius 2 is 2.08 bits per heavy atom. The highest BCUT2D eigenvalue weighted by molar-refractivity contribution is 5.02. The van der Waals surface area contributed by atoms with Crippen molar-refractivity contribution in [3.05, 3.63) is 23.4 Å². The molecule has 2 unspecified atom stereocenters. The Labute approximate surface area is 141 Å². The monoisotopic (exact) mass is 332 g/mol. The molecule has 130 valence electrons. The largest absolute Gasteiger partial charge is 0.339 e. The minimum atomic E-state index is 0.0581. The van der Waals surface area contributed by atoms with Gasteiger partial charge in [-0.3, -0.25) is 4.90 Å². The van der Waals surface area contributed by atoms with Gasteiger partial charge in [-0.25, -0.2) is 0 Å². The first-order chi connectivity index (χ1) is 11.7. The molecule has 1 aliphatic heterocycles. The van der Waals surface area contributed by atoms with Crippen LogP contribution in [0.1, 0.15) is 68.0 Å². The normalized spacial score (nSPS) is 23.5. The van der Waals surface area contributed by atoms with Crippen molar-refractivity contribution in [3.8, 4) is 0 Å². The molecule has 8 heteroatoms. The van der Waals surface area contributed by atoms with Gasteiger partial charge in [0.15, 0.2) is 11.6 Å². The molecular weight excluding hydrogens is 308 g/mol. The summed E-state index contributed by atoms with van der Waals surface area (Å²) in [6.07, 6.45) is 4.67. The fourth-order valence-electron chi connectivity index (χ4n) is 3.28. The first-order valence-corrected chi connectivity index (χ1v) is 8.78. The Morgan fingerprint density at radius 3 is 2.83 bits per heavy atom. The number of hydrogen-bond acceptors (Lipinski definition) is 8. The zero-order chi connectivity index (χ0) is 16.5. The minimum Gasteiger partial charge on any atom is -0.339 e. The van der Waals surface area contributed by atoms with Gasteiger partial charge in [-0.1, -0.05) is 10.3 Å². The maximum Gasteiger partial charge on any atom is 0.243 e. The van der Waals surface area contributed by atoms with Gasteiger partial charge < -0.3 is 14.4 Å². The molecule has 2 fully saturated rings. The van der Waals surface area contributed by atoms with Gasteiger partial charge in [-0.15, -0.1) is 0 Å². The predicted molar refractivity (Wildman–Crippen MR) is 85.2 cm³/mol. The Balaban J connectivity index is 1.31. The molecule has 0 radical (unpaired) electrons. The zero-order valence-electron chi connectivity index (χ0n) is 14.2. The average Bonchev–Trinajstić information content (AvgIpc) is 3.16. The molecule has 1 N–H and O–H groups in total. The van der Waals surface area contributed by atoms with Gasteiger partial charge in [-0.2, -0.15) is 9.97 Å². The van der Waals surface area contributed by atoms with Crippen LogP contribution in [0.3, 0.4) is 0 Å². The van der Waals surface area contributed by atoms with Crippen molar-refractivity contribution in [2.75, 3.05) is 13.1 Å². The number of likely N-dealkylation sites (tertiary alicyclic amines) is 1. The molecule has 4 rings (SSSR count). The van der Waals surface area contributed by atoms with Crippen molar-refractivity contribution < 1.29 is 9.05 Å². The summed E-state index contributed by atoms with van der Waals surface area (Å²) >= 11 is 0. The van der Waals surface area contributed by atoms with E-state index < -0.39 is 0 Å². The summed E-state index contributed by atoms with van der Waals surface area (Å²) in [6, 6.07) is 0.457. The topological polar surface area (TPSA) is 93.1 Å². The van der Waals surface area contributed by atoms with Crippen molar-refractivity contribution in [1.82, 2.24) is 30.5 Å². The third kappa shape index (κ3) is 3.64. The van der Waals surface area contributed by atoms with Crippen LogP contribution in [0.5, 0.6) is 0 Å². The molecule has 2 aromatic rings. The average molecular weight is 332 g/mol. The lowest BCUT2D eigenvalue weighted by Crippen LogP contribution is -2.46. The van der Waals surface area contributed by atoms with E-state index in [4.69, 9.17) is 9.05 Å². The van der Waals surface area contributed by atoms with Gasteiger partial charge in [0.05, 0.1) is 12.6 Å². The summed E-state index contributed by atoms with van der Waals surface area (Å²) in [5.74, 6) is 3.46. The second-order valence-corrected chi connectivity index (χ2v) is 6.97. The van der Waals surface area contributed by atoms with Gasteiger partial charge in [0.1, 0.15) is 0 Å². The molecule has 0 bridgehead atoms. The number of hydrogen-bond donors (Lipinski definition) is 1. The maximum atomic E-state index is 5.35. The summed E-state index contributed by atoms with van der Waals surface area (Å²) in [5, 5.41) is 11.6. The smallest absolute Gasteiger partial charge is 0.243 e. The maximum absolute atomic E-state index is 5.35. The molecule has 0 spiro atoms. The first kappa shape index (κ1) is 15.7. The molecule has 2 atom stereocenters. The molecule has 1 saturated carbocycles. The predicted octanol–water partition coefficient (Wildman–Crippen LogP) is 1.95. The molecule has 24 heavy (non-hydrogen) atoms. The molecule has 1 aliphatic carbocycles. The van der Waals surface area contributed by atoms with Crippen LogP contribution >= 0.6 is 0 Å². The van der Waals surface area contributed by atoms with Crippen molar-refractivity contribution in [2.24, 2.45) is 0 Å². The van der Waals surface area contributed by atoms with Crippen LogP contribution in [0.25, 0.3) is 0 Å². The number of aryl methyl sites for hydroxylation is 1. The fourth-order valence-corrected chi connectivity index (χ4v) is 3.28. The summed E-state index contributed by atoms with van der Waals surface area (Å²) in [7, 11) is 0. The van der Waals surface area contributed by atoms with Crippen molar-refractivity contribution in [2.45, 2.75) is 64.1 Å². The van der Waals surface area contributed by atoms with E-state index in [1.54, 1.807) is 0 Å². The number of nitrogens with zero attached hydrogens (tertiary/aromatic N) is 5. The molecular formula is C16H24N6O2. The van der Waals surface area contributed by atoms with E-state index in [0.29, 0.717) is 23.7 Å². The second-order valence-electron chi connectivity index (χ2n) is 6.97. The van der Waals surface area contributed by atoms with Gasteiger partial charge in [0, 0.05) is 18.5 Å². The third-order valence-corrected chi connectivity index (χ3v) is 4.68. The lowest BCUT2D eigenvalue weighted by atomic mass is 10.0. The summed E-state index contributed by atoms with van der Waals surface area (Å²) in [5.41, 5.74) is 0. The van der Waals surface area contributed by atoms with Crippen LogP contribution in [0.15, 0.2) is 9.05 Å². The van der Waals surface area contributed by atoms with Crippen LogP contribution in [0, 0.1) is 6.92 Å². The quantitative estimate of drug-likeness (QED) is 0.858. The van der Waals surface area contributed by atoms with E-state index in [2.05, 4.69) is 37.4 Å². The Kier molecular flexibility index (Phi) is 4.32. The number of nitrogens with one attached hydrogen (secondary N) is 1. The van der Waals surface area contributed by atoms with Crippen LogP contribution in [0.2, 0.25) is 0 Å². The van der Waals surface area contributed by atoms with Crippen LogP contribution < -0.4 is 5.32 Å². The Hall–Kier alpha value is -1.80. The van der Waals surface area contributed by atoms with Crippen molar-refractivity contribution >= 4 is 0 Å². The standard InChI is InChI=1S/C16H24N6O2/c1-10(15-18-11(2)20-23-15)17-13-4-3-7-22(8-13)9-14-19-16(24-21-14)12-5-6-12/h10,12-13,17H,3-9H2,1-2H3. The van der Waals surface area contributed by atoms with E-state index in [1.165, 1.54) is 12.8 Å². The number of rotatable bonds is 6. The van der Waals surface area contributed by atoms with E-state index >= 15 is 0 Å². The van der Waals surface area contributed by atoms with E-state index in [0.717, 1.165) is 44.2 Å². The van der Waals surface area contributed by atoms with E-state index in [9.17, 15) is 0 Å². The van der Waals surface area contributed by atoms with Crippen LogP contribution in [-0.2, 0) is 6.54 Å². The van der Waals surface area contributed by atoms with E-state index in [1.807, 2.05) is 6.92 Å². The van der Waals surface area contributed by atoms with Crippen LogP contribution in [0.4, 0.5) is 0 Å². The highest BCUT2D eigenvalue weighted by atomic mass is 16.5. The first-order valence-electron chi connectivity index (χ1n) is 8.78. The molecule has 1 saturated heterocycles. The zero-order valence-corrected chi connectivity index (χ0v) is 14.2.